The maximum absolute atomic E-state index is 6.29. The van der Waals surface area contributed by atoms with Gasteiger partial charge in [-0.15, -0.1) is 11.6 Å². The maximum Gasteiger partial charge on any atom is 0.0488 e. The Morgan fingerprint density at radius 2 is 2.10 bits per heavy atom. The van der Waals surface area contributed by atoms with Gasteiger partial charge in [0.05, 0.1) is 0 Å². The Bertz CT molecular complexity index is 478. The van der Waals surface area contributed by atoms with Crippen molar-refractivity contribution in [3.63, 3.8) is 0 Å². The number of hydrogen-bond acceptors (Lipinski definition) is 2. The van der Waals surface area contributed by atoms with Gasteiger partial charge in [0.1, 0.15) is 0 Å². The molecule has 1 aromatic rings. The van der Waals surface area contributed by atoms with Crippen molar-refractivity contribution in [1.29, 1.82) is 0 Å². The topological polar surface area (TPSA) is 6.48 Å². The number of alkyl halides is 1. The number of halogens is 2. The Labute approximate surface area is 131 Å². The Morgan fingerprint density at radius 3 is 2.85 bits per heavy atom. The van der Waals surface area contributed by atoms with Crippen LogP contribution in [0.4, 0.5) is 5.69 Å². The summed E-state index contributed by atoms with van der Waals surface area (Å²) in [7, 11) is 2.28. The lowest BCUT2D eigenvalue weighted by molar-refractivity contribution is 0.102. The number of anilines is 1. The molecule has 0 amide bonds. The SMILES string of the molecule is CN1CCCC2CN(c3ccc(CCl)c(Cl)c3)CCC21. The zero-order valence-electron chi connectivity index (χ0n) is 12.0. The molecule has 20 heavy (non-hydrogen) atoms. The Morgan fingerprint density at radius 1 is 1.25 bits per heavy atom. The first-order valence-electron chi connectivity index (χ1n) is 7.48. The maximum atomic E-state index is 6.29. The molecule has 1 aromatic carbocycles. The lowest BCUT2D eigenvalue weighted by Crippen LogP contribution is -2.52. The third-order valence-electron chi connectivity index (χ3n) is 4.89. The van der Waals surface area contributed by atoms with Crippen LogP contribution in [0.15, 0.2) is 18.2 Å². The van der Waals surface area contributed by atoms with Crippen molar-refractivity contribution >= 4 is 28.9 Å². The Balaban J connectivity index is 1.74. The first-order valence-corrected chi connectivity index (χ1v) is 8.40. The normalized spacial score (nSPS) is 27.4. The minimum absolute atomic E-state index is 0.481. The van der Waals surface area contributed by atoms with Crippen molar-refractivity contribution in [3.05, 3.63) is 28.8 Å². The molecule has 3 rings (SSSR count). The molecular weight excluding hydrogens is 291 g/mol. The summed E-state index contributed by atoms with van der Waals surface area (Å²) in [5, 5.41) is 0.792. The van der Waals surface area contributed by atoms with Gasteiger partial charge in [0, 0.05) is 35.7 Å². The van der Waals surface area contributed by atoms with Crippen molar-refractivity contribution in [2.75, 3.05) is 31.6 Å². The predicted molar refractivity (Wildman–Crippen MR) is 87.0 cm³/mol. The third kappa shape index (κ3) is 2.79. The van der Waals surface area contributed by atoms with E-state index in [1.165, 1.54) is 31.5 Å². The highest BCUT2D eigenvalue weighted by Crippen LogP contribution is 2.33. The van der Waals surface area contributed by atoms with Gasteiger partial charge in [-0.1, -0.05) is 17.7 Å². The first-order chi connectivity index (χ1) is 9.69. The zero-order valence-corrected chi connectivity index (χ0v) is 13.5. The van der Waals surface area contributed by atoms with Crippen LogP contribution < -0.4 is 4.90 Å². The molecular formula is C16H22Cl2N2. The van der Waals surface area contributed by atoms with Gasteiger partial charge in [0.2, 0.25) is 0 Å². The second-order valence-corrected chi connectivity index (χ2v) is 6.77. The average molecular weight is 313 g/mol. The second kappa shape index (κ2) is 6.13. The number of benzene rings is 1. The van der Waals surface area contributed by atoms with Crippen LogP contribution in [0.1, 0.15) is 24.8 Å². The van der Waals surface area contributed by atoms with Crippen LogP contribution in [-0.4, -0.2) is 37.6 Å². The molecule has 2 aliphatic heterocycles. The van der Waals surface area contributed by atoms with E-state index in [4.69, 9.17) is 23.2 Å². The van der Waals surface area contributed by atoms with Crippen LogP contribution in [0.5, 0.6) is 0 Å². The molecule has 4 heteroatoms. The number of nitrogens with zero attached hydrogens (tertiary/aromatic N) is 2. The second-order valence-electron chi connectivity index (χ2n) is 6.09. The van der Waals surface area contributed by atoms with Gasteiger partial charge in [0.15, 0.2) is 0 Å². The molecule has 110 valence electrons. The standard InChI is InChI=1S/C16H22Cl2N2/c1-19-7-2-3-13-11-20(8-6-16(13)19)14-5-4-12(10-17)15(18)9-14/h4-5,9,13,16H,2-3,6-8,10-11H2,1H3. The number of piperidine rings is 2. The Hall–Kier alpha value is -0.440. The molecule has 2 saturated heterocycles. The number of hydrogen-bond donors (Lipinski definition) is 0. The monoisotopic (exact) mass is 312 g/mol. The van der Waals surface area contributed by atoms with Gasteiger partial charge in [-0.05, 0) is 56.5 Å². The van der Waals surface area contributed by atoms with Crippen LogP contribution in [-0.2, 0) is 5.88 Å². The minimum Gasteiger partial charge on any atom is -0.371 e. The molecule has 0 spiro atoms. The van der Waals surface area contributed by atoms with E-state index in [2.05, 4.69) is 35.0 Å². The molecule has 0 aliphatic carbocycles. The number of fused-ring (bicyclic) bond motifs is 1. The molecule has 2 fully saturated rings. The molecule has 0 N–H and O–H groups in total. The Kier molecular flexibility index (Phi) is 4.44. The highest BCUT2D eigenvalue weighted by atomic mass is 35.5. The van der Waals surface area contributed by atoms with Crippen molar-refractivity contribution < 1.29 is 0 Å². The van der Waals surface area contributed by atoms with Gasteiger partial charge in [-0.25, -0.2) is 0 Å². The van der Waals surface area contributed by atoms with E-state index in [0.29, 0.717) is 5.88 Å². The van der Waals surface area contributed by atoms with Crippen LogP contribution in [0, 0.1) is 5.92 Å². The minimum atomic E-state index is 0.481. The van der Waals surface area contributed by atoms with Crippen LogP contribution >= 0.6 is 23.2 Å². The van der Waals surface area contributed by atoms with E-state index in [9.17, 15) is 0 Å². The number of rotatable bonds is 2. The molecule has 0 radical (unpaired) electrons. The van der Waals surface area contributed by atoms with Gasteiger partial charge in [0.25, 0.3) is 0 Å². The molecule has 0 saturated carbocycles. The van der Waals surface area contributed by atoms with Crippen molar-refractivity contribution in [2.45, 2.75) is 31.2 Å². The highest BCUT2D eigenvalue weighted by Gasteiger charge is 2.34. The van der Waals surface area contributed by atoms with Gasteiger partial charge in [-0.3, -0.25) is 0 Å². The van der Waals surface area contributed by atoms with Gasteiger partial charge in [-0.2, -0.15) is 0 Å². The first kappa shape index (κ1) is 14.5. The van der Waals surface area contributed by atoms with Gasteiger partial charge < -0.3 is 9.80 Å². The summed E-state index contributed by atoms with van der Waals surface area (Å²) in [6, 6.07) is 7.07. The predicted octanol–water partition coefficient (Wildman–Crippen LogP) is 4.00. The molecule has 2 unspecified atom stereocenters. The van der Waals surface area contributed by atoms with E-state index >= 15 is 0 Å². The van der Waals surface area contributed by atoms with Crippen molar-refractivity contribution in [2.24, 2.45) is 5.92 Å². The summed E-state index contributed by atoms with van der Waals surface area (Å²) in [6.07, 6.45) is 3.95. The summed E-state index contributed by atoms with van der Waals surface area (Å²) in [4.78, 5) is 5.04. The quantitative estimate of drug-likeness (QED) is 0.762. The fraction of sp³-hybridized carbons (Fsp3) is 0.625. The number of likely N-dealkylation sites (tertiary alicyclic amines) is 1. The molecule has 2 nitrogen and oxygen atoms in total. The highest BCUT2D eigenvalue weighted by molar-refractivity contribution is 6.32. The average Bonchev–Trinajstić information content (AvgIpc) is 2.47. The fourth-order valence-corrected chi connectivity index (χ4v) is 4.27. The van der Waals surface area contributed by atoms with Gasteiger partial charge >= 0.3 is 0 Å². The fourth-order valence-electron chi connectivity index (χ4n) is 3.73. The molecule has 0 bridgehead atoms. The van der Waals surface area contributed by atoms with Crippen molar-refractivity contribution in [3.8, 4) is 0 Å². The summed E-state index contributed by atoms with van der Waals surface area (Å²) in [5.41, 5.74) is 2.26. The molecule has 0 aromatic heterocycles. The van der Waals surface area contributed by atoms with Crippen LogP contribution in [0.3, 0.4) is 0 Å². The zero-order chi connectivity index (χ0) is 14.1. The third-order valence-corrected chi connectivity index (χ3v) is 5.53. The van der Waals surface area contributed by atoms with E-state index < -0.39 is 0 Å². The summed E-state index contributed by atoms with van der Waals surface area (Å²) in [5.74, 6) is 1.28. The molecule has 2 aliphatic rings. The lowest BCUT2D eigenvalue weighted by atomic mass is 9.84. The van der Waals surface area contributed by atoms with E-state index in [1.54, 1.807) is 0 Å². The van der Waals surface area contributed by atoms with E-state index in [-0.39, 0.29) is 0 Å². The summed E-state index contributed by atoms with van der Waals surface area (Å²) >= 11 is 12.2. The summed E-state index contributed by atoms with van der Waals surface area (Å²) < 4.78 is 0. The summed E-state index contributed by atoms with van der Waals surface area (Å²) in [6.45, 7) is 3.55. The van der Waals surface area contributed by atoms with E-state index in [1.807, 2.05) is 0 Å². The lowest BCUT2D eigenvalue weighted by Gasteiger charge is -2.46. The largest absolute Gasteiger partial charge is 0.371 e. The van der Waals surface area contributed by atoms with Crippen molar-refractivity contribution in [1.82, 2.24) is 4.90 Å². The van der Waals surface area contributed by atoms with Crippen LogP contribution in [0.2, 0.25) is 5.02 Å². The smallest absolute Gasteiger partial charge is 0.0488 e. The van der Waals surface area contributed by atoms with E-state index in [0.717, 1.165) is 35.6 Å². The molecule has 2 atom stereocenters. The molecule has 2 heterocycles. The van der Waals surface area contributed by atoms with Crippen LogP contribution in [0.25, 0.3) is 0 Å².